The third-order valence-corrected chi connectivity index (χ3v) is 4.10. The summed E-state index contributed by atoms with van der Waals surface area (Å²) in [6, 6.07) is 14.5. The van der Waals surface area contributed by atoms with Crippen LogP contribution in [0.4, 0.5) is 9.18 Å². The fourth-order valence-corrected chi connectivity index (χ4v) is 2.57. The Morgan fingerprint density at radius 1 is 1.19 bits per heavy atom. The first-order valence-electron chi connectivity index (χ1n) is 8.36. The average Bonchev–Trinajstić information content (AvgIpc) is 3.11. The normalized spacial score (nSPS) is 10.6. The Kier molecular flexibility index (Phi) is 5.31. The van der Waals surface area contributed by atoms with Crippen molar-refractivity contribution in [1.82, 2.24) is 20.0 Å². The first-order chi connectivity index (χ1) is 12.5. The van der Waals surface area contributed by atoms with Crippen molar-refractivity contribution in [2.24, 2.45) is 0 Å². The van der Waals surface area contributed by atoms with Crippen molar-refractivity contribution in [2.45, 2.75) is 20.0 Å². The van der Waals surface area contributed by atoms with Crippen LogP contribution in [0.2, 0.25) is 0 Å². The summed E-state index contributed by atoms with van der Waals surface area (Å²) in [5.41, 5.74) is 3.21. The van der Waals surface area contributed by atoms with E-state index in [0.29, 0.717) is 12.1 Å². The lowest BCUT2D eigenvalue weighted by atomic mass is 10.1. The molecule has 0 fully saturated rings. The zero-order valence-corrected chi connectivity index (χ0v) is 14.8. The van der Waals surface area contributed by atoms with Crippen molar-refractivity contribution >= 4 is 6.03 Å². The Hall–Kier alpha value is -3.15. The van der Waals surface area contributed by atoms with Crippen LogP contribution in [0.25, 0.3) is 5.69 Å². The van der Waals surface area contributed by atoms with E-state index in [1.54, 1.807) is 35.8 Å². The molecule has 0 atom stereocenters. The largest absolute Gasteiger partial charge is 0.334 e. The van der Waals surface area contributed by atoms with Crippen LogP contribution in [0.1, 0.15) is 16.7 Å². The Bertz CT molecular complexity index is 892. The molecule has 2 amide bonds. The number of hydrogen-bond acceptors (Lipinski definition) is 2. The molecule has 26 heavy (non-hydrogen) atoms. The van der Waals surface area contributed by atoms with Gasteiger partial charge in [0.15, 0.2) is 0 Å². The maximum Gasteiger partial charge on any atom is 0.317 e. The molecule has 0 aliphatic rings. The number of rotatable bonds is 5. The fraction of sp³-hybridized carbons (Fsp3) is 0.200. The summed E-state index contributed by atoms with van der Waals surface area (Å²) in [6.45, 7) is 2.42. The highest BCUT2D eigenvalue weighted by Gasteiger charge is 2.11. The van der Waals surface area contributed by atoms with Crippen molar-refractivity contribution in [3.05, 3.63) is 83.4 Å². The first kappa shape index (κ1) is 17.7. The van der Waals surface area contributed by atoms with Crippen LogP contribution in [-0.4, -0.2) is 27.8 Å². The average molecular weight is 352 g/mol. The van der Waals surface area contributed by atoms with Crippen LogP contribution in [0, 0.1) is 12.7 Å². The summed E-state index contributed by atoms with van der Waals surface area (Å²) < 4.78 is 15.3. The van der Waals surface area contributed by atoms with Gasteiger partial charge in [-0.25, -0.2) is 13.9 Å². The highest BCUT2D eigenvalue weighted by atomic mass is 19.1. The fourth-order valence-electron chi connectivity index (χ4n) is 2.57. The third-order valence-electron chi connectivity index (χ3n) is 4.10. The van der Waals surface area contributed by atoms with Gasteiger partial charge in [-0.1, -0.05) is 30.3 Å². The van der Waals surface area contributed by atoms with Crippen molar-refractivity contribution in [2.75, 3.05) is 7.05 Å². The highest BCUT2D eigenvalue weighted by molar-refractivity contribution is 5.73. The number of carbonyl (C=O) groups is 1. The summed E-state index contributed by atoms with van der Waals surface area (Å²) in [4.78, 5) is 13.8. The SMILES string of the molecule is Cc1ccc(CNC(=O)N(C)Cc2cnn(-c3ccccc3)c2)cc1F. The van der Waals surface area contributed by atoms with Crippen molar-refractivity contribution < 1.29 is 9.18 Å². The van der Waals surface area contributed by atoms with Gasteiger partial charge in [0.1, 0.15) is 5.82 Å². The standard InChI is InChI=1S/C20H21FN4O/c1-15-8-9-16(10-19(15)21)11-22-20(26)24(2)13-17-12-23-25(14-17)18-6-4-3-5-7-18/h3-10,12,14H,11,13H2,1-2H3,(H,22,26). The number of amides is 2. The van der Waals surface area contributed by atoms with E-state index in [-0.39, 0.29) is 18.4 Å². The van der Waals surface area contributed by atoms with Crippen molar-refractivity contribution in [3.8, 4) is 5.69 Å². The summed E-state index contributed by atoms with van der Waals surface area (Å²) >= 11 is 0. The molecule has 0 spiro atoms. The maximum atomic E-state index is 13.6. The van der Waals surface area contributed by atoms with Crippen LogP contribution in [0.3, 0.4) is 0 Å². The van der Waals surface area contributed by atoms with Gasteiger partial charge in [0.2, 0.25) is 0 Å². The molecular weight excluding hydrogens is 331 g/mol. The zero-order valence-electron chi connectivity index (χ0n) is 14.8. The second-order valence-corrected chi connectivity index (χ2v) is 6.23. The third kappa shape index (κ3) is 4.27. The van der Waals surface area contributed by atoms with E-state index in [9.17, 15) is 9.18 Å². The lowest BCUT2D eigenvalue weighted by Gasteiger charge is -2.17. The Balaban J connectivity index is 1.56. The minimum atomic E-state index is -0.265. The Morgan fingerprint density at radius 2 is 1.96 bits per heavy atom. The van der Waals surface area contributed by atoms with E-state index in [2.05, 4.69) is 10.4 Å². The van der Waals surface area contributed by atoms with E-state index < -0.39 is 0 Å². The number of carbonyl (C=O) groups excluding carboxylic acids is 1. The number of aryl methyl sites for hydroxylation is 1. The topological polar surface area (TPSA) is 50.2 Å². The summed E-state index contributed by atoms with van der Waals surface area (Å²) in [6.07, 6.45) is 3.64. The van der Waals surface area contributed by atoms with Gasteiger partial charge in [0.25, 0.3) is 0 Å². The van der Waals surface area contributed by atoms with Crippen LogP contribution in [-0.2, 0) is 13.1 Å². The minimum Gasteiger partial charge on any atom is -0.334 e. The first-order valence-corrected chi connectivity index (χ1v) is 8.36. The quantitative estimate of drug-likeness (QED) is 0.762. The summed E-state index contributed by atoms with van der Waals surface area (Å²) in [5.74, 6) is -0.265. The smallest absolute Gasteiger partial charge is 0.317 e. The van der Waals surface area contributed by atoms with Crippen LogP contribution in [0.5, 0.6) is 0 Å². The molecule has 1 aromatic heterocycles. The number of aromatic nitrogens is 2. The number of halogens is 1. The van der Waals surface area contributed by atoms with Crippen molar-refractivity contribution in [3.63, 3.8) is 0 Å². The number of nitrogens with one attached hydrogen (secondary N) is 1. The monoisotopic (exact) mass is 352 g/mol. The van der Waals surface area contributed by atoms with Gasteiger partial charge in [0.05, 0.1) is 18.4 Å². The Morgan fingerprint density at radius 3 is 2.69 bits per heavy atom. The predicted molar refractivity (Wildman–Crippen MR) is 98.4 cm³/mol. The molecule has 1 heterocycles. The molecule has 1 N–H and O–H groups in total. The van der Waals surface area contributed by atoms with Crippen LogP contribution in [0.15, 0.2) is 60.9 Å². The number of para-hydroxylation sites is 1. The molecule has 0 saturated heterocycles. The summed E-state index contributed by atoms with van der Waals surface area (Å²) in [5, 5.41) is 7.12. The number of nitrogens with zero attached hydrogens (tertiary/aromatic N) is 3. The zero-order chi connectivity index (χ0) is 18.5. The minimum absolute atomic E-state index is 0.224. The van der Waals surface area contributed by atoms with Crippen LogP contribution >= 0.6 is 0 Å². The van der Waals surface area contributed by atoms with E-state index in [1.165, 1.54) is 6.07 Å². The van der Waals surface area contributed by atoms with Gasteiger partial charge in [0, 0.05) is 25.4 Å². The van der Waals surface area contributed by atoms with Crippen LogP contribution < -0.4 is 5.32 Å². The highest BCUT2D eigenvalue weighted by Crippen LogP contribution is 2.11. The van der Waals surface area contributed by atoms with Gasteiger partial charge >= 0.3 is 6.03 Å². The summed E-state index contributed by atoms with van der Waals surface area (Å²) in [7, 11) is 1.71. The number of benzene rings is 2. The van der Waals surface area contributed by atoms with Crippen molar-refractivity contribution in [1.29, 1.82) is 0 Å². The molecule has 5 nitrogen and oxygen atoms in total. The predicted octanol–water partition coefficient (Wildman–Crippen LogP) is 3.66. The molecule has 0 bridgehead atoms. The lowest BCUT2D eigenvalue weighted by molar-refractivity contribution is 0.206. The molecule has 6 heteroatoms. The second-order valence-electron chi connectivity index (χ2n) is 6.23. The maximum absolute atomic E-state index is 13.6. The molecule has 0 aliphatic carbocycles. The van der Waals surface area contributed by atoms with E-state index in [0.717, 1.165) is 16.8 Å². The van der Waals surface area contributed by atoms with Gasteiger partial charge in [-0.05, 0) is 36.2 Å². The van der Waals surface area contributed by atoms with E-state index >= 15 is 0 Å². The van der Waals surface area contributed by atoms with E-state index in [1.807, 2.05) is 42.6 Å². The van der Waals surface area contributed by atoms with E-state index in [4.69, 9.17) is 0 Å². The molecule has 3 rings (SSSR count). The lowest BCUT2D eigenvalue weighted by Crippen LogP contribution is -2.36. The Labute approximate surface area is 152 Å². The van der Waals surface area contributed by atoms with Gasteiger partial charge in [-0.2, -0.15) is 5.10 Å². The molecule has 134 valence electrons. The molecule has 0 aliphatic heterocycles. The van der Waals surface area contributed by atoms with Gasteiger partial charge in [-0.15, -0.1) is 0 Å². The second kappa shape index (κ2) is 7.82. The molecular formula is C20H21FN4O. The number of hydrogen-bond donors (Lipinski definition) is 1. The molecule has 3 aromatic rings. The van der Waals surface area contributed by atoms with Gasteiger partial charge < -0.3 is 10.2 Å². The number of urea groups is 1. The molecule has 2 aromatic carbocycles. The van der Waals surface area contributed by atoms with Gasteiger partial charge in [-0.3, -0.25) is 0 Å². The molecule has 0 radical (unpaired) electrons. The molecule has 0 unspecified atom stereocenters. The molecule has 0 saturated carbocycles.